The molecule has 0 aliphatic carbocycles. The average Bonchev–Trinajstić information content (AvgIpc) is 2.09. The molecule has 1 amide bonds. The SMILES string of the molecule is CC1NCCC=C1CONC=O. The summed E-state index contributed by atoms with van der Waals surface area (Å²) in [5, 5.41) is 3.29. The molecule has 0 spiro atoms. The molecular formula is C8H14N2O2. The second kappa shape index (κ2) is 4.90. The van der Waals surface area contributed by atoms with E-state index in [2.05, 4.69) is 23.8 Å². The molecule has 1 heterocycles. The van der Waals surface area contributed by atoms with E-state index in [1.807, 2.05) is 0 Å². The molecule has 0 aromatic rings. The van der Waals surface area contributed by atoms with Crippen LogP contribution in [-0.4, -0.2) is 25.6 Å². The van der Waals surface area contributed by atoms with Gasteiger partial charge in [-0.05, 0) is 25.5 Å². The van der Waals surface area contributed by atoms with E-state index < -0.39 is 0 Å². The topological polar surface area (TPSA) is 50.4 Å². The van der Waals surface area contributed by atoms with Crippen LogP contribution in [0.3, 0.4) is 0 Å². The molecule has 4 nitrogen and oxygen atoms in total. The van der Waals surface area contributed by atoms with Gasteiger partial charge in [0.1, 0.15) is 0 Å². The highest BCUT2D eigenvalue weighted by Crippen LogP contribution is 2.07. The third-order valence-electron chi connectivity index (χ3n) is 1.93. The van der Waals surface area contributed by atoms with Crippen molar-refractivity contribution in [2.75, 3.05) is 13.2 Å². The summed E-state index contributed by atoms with van der Waals surface area (Å²) in [6, 6.07) is 0.354. The van der Waals surface area contributed by atoms with Gasteiger partial charge in [-0.2, -0.15) is 0 Å². The largest absolute Gasteiger partial charge is 0.310 e. The van der Waals surface area contributed by atoms with Crippen molar-refractivity contribution in [3.63, 3.8) is 0 Å². The number of carbonyl (C=O) groups is 1. The summed E-state index contributed by atoms with van der Waals surface area (Å²) in [6.07, 6.45) is 3.71. The molecule has 0 aromatic heterocycles. The Labute approximate surface area is 71.9 Å². The Morgan fingerprint density at radius 2 is 2.75 bits per heavy atom. The van der Waals surface area contributed by atoms with Gasteiger partial charge in [-0.3, -0.25) is 9.63 Å². The summed E-state index contributed by atoms with van der Waals surface area (Å²) in [5.74, 6) is 0. The number of nitrogens with one attached hydrogen (secondary N) is 2. The predicted molar refractivity (Wildman–Crippen MR) is 45.3 cm³/mol. The molecule has 0 saturated carbocycles. The Hall–Kier alpha value is -0.870. The van der Waals surface area contributed by atoms with Crippen molar-refractivity contribution < 1.29 is 9.63 Å². The maximum Gasteiger partial charge on any atom is 0.230 e. The van der Waals surface area contributed by atoms with E-state index in [9.17, 15) is 4.79 Å². The fourth-order valence-electron chi connectivity index (χ4n) is 1.21. The first-order valence-electron chi connectivity index (χ1n) is 4.08. The van der Waals surface area contributed by atoms with Crippen molar-refractivity contribution >= 4 is 6.41 Å². The van der Waals surface area contributed by atoms with Crippen molar-refractivity contribution in [1.82, 2.24) is 10.8 Å². The van der Waals surface area contributed by atoms with E-state index in [0.717, 1.165) is 13.0 Å². The molecule has 12 heavy (non-hydrogen) atoms. The summed E-state index contributed by atoms with van der Waals surface area (Å²) in [4.78, 5) is 14.7. The van der Waals surface area contributed by atoms with Crippen molar-refractivity contribution in [2.45, 2.75) is 19.4 Å². The van der Waals surface area contributed by atoms with Gasteiger partial charge < -0.3 is 5.32 Å². The molecule has 1 rings (SSSR count). The fraction of sp³-hybridized carbons (Fsp3) is 0.625. The van der Waals surface area contributed by atoms with Crippen LogP contribution < -0.4 is 10.8 Å². The van der Waals surface area contributed by atoms with Crippen LogP contribution in [0.5, 0.6) is 0 Å². The molecule has 0 bridgehead atoms. The number of hydrogen-bond donors (Lipinski definition) is 2. The normalized spacial score (nSPS) is 23.1. The fourth-order valence-corrected chi connectivity index (χ4v) is 1.21. The van der Waals surface area contributed by atoms with Gasteiger partial charge in [0, 0.05) is 6.04 Å². The van der Waals surface area contributed by atoms with E-state index in [4.69, 9.17) is 4.84 Å². The first-order chi connectivity index (χ1) is 5.84. The van der Waals surface area contributed by atoms with Crippen LogP contribution in [-0.2, 0) is 9.63 Å². The van der Waals surface area contributed by atoms with E-state index in [1.165, 1.54) is 5.57 Å². The van der Waals surface area contributed by atoms with Gasteiger partial charge in [0.25, 0.3) is 0 Å². The highest BCUT2D eigenvalue weighted by molar-refractivity contribution is 5.43. The zero-order chi connectivity index (χ0) is 8.81. The Morgan fingerprint density at radius 3 is 3.42 bits per heavy atom. The summed E-state index contributed by atoms with van der Waals surface area (Å²) in [6.45, 7) is 3.56. The number of hydroxylamine groups is 1. The molecule has 1 aliphatic heterocycles. The smallest absolute Gasteiger partial charge is 0.230 e. The molecule has 68 valence electrons. The third kappa shape index (κ3) is 2.64. The molecule has 0 saturated heterocycles. The van der Waals surface area contributed by atoms with Crippen LogP contribution >= 0.6 is 0 Å². The summed E-state index contributed by atoms with van der Waals surface area (Å²) in [7, 11) is 0. The molecule has 2 N–H and O–H groups in total. The lowest BCUT2D eigenvalue weighted by atomic mass is 10.1. The highest BCUT2D eigenvalue weighted by Gasteiger charge is 2.11. The maximum absolute atomic E-state index is 9.86. The van der Waals surface area contributed by atoms with Gasteiger partial charge in [0.2, 0.25) is 6.41 Å². The third-order valence-corrected chi connectivity index (χ3v) is 1.93. The van der Waals surface area contributed by atoms with E-state index in [0.29, 0.717) is 19.1 Å². The lowest BCUT2D eigenvalue weighted by Crippen LogP contribution is -2.34. The minimum Gasteiger partial charge on any atom is -0.310 e. The summed E-state index contributed by atoms with van der Waals surface area (Å²) >= 11 is 0. The van der Waals surface area contributed by atoms with Crippen LogP contribution in [0.2, 0.25) is 0 Å². The van der Waals surface area contributed by atoms with E-state index in [1.54, 1.807) is 0 Å². The standard InChI is InChI=1S/C8H14N2O2/c1-7-8(3-2-4-9-7)5-12-10-6-11/h3,6-7,9H,2,4-5H2,1H3,(H,10,11). The van der Waals surface area contributed by atoms with Crippen molar-refractivity contribution in [2.24, 2.45) is 0 Å². The van der Waals surface area contributed by atoms with E-state index >= 15 is 0 Å². The quantitative estimate of drug-likeness (QED) is 0.270. The molecule has 0 aromatic carbocycles. The van der Waals surface area contributed by atoms with Crippen molar-refractivity contribution in [3.05, 3.63) is 11.6 Å². The Balaban J connectivity index is 2.28. The minimum absolute atomic E-state index is 0.354. The van der Waals surface area contributed by atoms with Crippen LogP contribution in [0.25, 0.3) is 0 Å². The molecule has 1 aliphatic rings. The zero-order valence-electron chi connectivity index (χ0n) is 7.17. The molecule has 0 fully saturated rings. The summed E-state index contributed by atoms with van der Waals surface area (Å²) < 4.78 is 0. The van der Waals surface area contributed by atoms with E-state index in [-0.39, 0.29) is 0 Å². The number of hydrogen-bond acceptors (Lipinski definition) is 3. The van der Waals surface area contributed by atoms with Crippen LogP contribution in [0.4, 0.5) is 0 Å². The Bertz CT molecular complexity index is 180. The Morgan fingerprint density at radius 1 is 1.92 bits per heavy atom. The molecule has 1 unspecified atom stereocenters. The van der Waals surface area contributed by atoms with Gasteiger partial charge >= 0.3 is 0 Å². The average molecular weight is 170 g/mol. The predicted octanol–water partition coefficient (Wildman–Crippen LogP) is -0.0278. The van der Waals surface area contributed by atoms with Gasteiger partial charge in [0.15, 0.2) is 0 Å². The molecule has 0 radical (unpaired) electrons. The second-order valence-corrected chi connectivity index (χ2v) is 2.77. The van der Waals surface area contributed by atoms with Gasteiger partial charge in [-0.25, -0.2) is 5.48 Å². The van der Waals surface area contributed by atoms with Gasteiger partial charge in [-0.15, -0.1) is 0 Å². The van der Waals surface area contributed by atoms with Crippen LogP contribution in [0, 0.1) is 0 Å². The molecular weight excluding hydrogens is 156 g/mol. The zero-order valence-corrected chi connectivity index (χ0v) is 7.17. The van der Waals surface area contributed by atoms with Crippen molar-refractivity contribution in [3.8, 4) is 0 Å². The monoisotopic (exact) mass is 170 g/mol. The molecule has 4 heteroatoms. The first kappa shape index (κ1) is 9.22. The second-order valence-electron chi connectivity index (χ2n) is 2.77. The highest BCUT2D eigenvalue weighted by atomic mass is 16.6. The lowest BCUT2D eigenvalue weighted by molar-refractivity contribution is -0.119. The first-order valence-corrected chi connectivity index (χ1v) is 4.08. The lowest BCUT2D eigenvalue weighted by Gasteiger charge is -2.21. The van der Waals surface area contributed by atoms with Crippen molar-refractivity contribution in [1.29, 1.82) is 0 Å². The number of carbonyl (C=O) groups excluding carboxylic acids is 1. The van der Waals surface area contributed by atoms with Crippen LogP contribution in [0.1, 0.15) is 13.3 Å². The summed E-state index contributed by atoms with van der Waals surface area (Å²) in [5.41, 5.74) is 3.36. The minimum atomic E-state index is 0.354. The number of amides is 1. The van der Waals surface area contributed by atoms with Gasteiger partial charge in [-0.1, -0.05) is 6.08 Å². The Kier molecular flexibility index (Phi) is 3.76. The van der Waals surface area contributed by atoms with Crippen LogP contribution in [0.15, 0.2) is 11.6 Å². The molecule has 1 atom stereocenters. The van der Waals surface area contributed by atoms with Gasteiger partial charge in [0.05, 0.1) is 6.61 Å². The maximum atomic E-state index is 9.86. The number of rotatable bonds is 4.